The molecule has 2 heterocycles. The van der Waals surface area contributed by atoms with Gasteiger partial charge in [0.25, 0.3) is 0 Å². The maximum absolute atomic E-state index is 11.3. The third kappa shape index (κ3) is 8.97. The quantitative estimate of drug-likeness (QED) is 0.0759. The van der Waals surface area contributed by atoms with Crippen molar-refractivity contribution in [1.29, 1.82) is 0 Å². The van der Waals surface area contributed by atoms with Crippen LogP contribution in [0.1, 0.15) is 55.4 Å². The van der Waals surface area contributed by atoms with Crippen LogP contribution in [-0.4, -0.2) is 57.9 Å². The van der Waals surface area contributed by atoms with E-state index in [9.17, 15) is 14.4 Å². The summed E-state index contributed by atoms with van der Waals surface area (Å²) in [5.41, 5.74) is 12.0. The first-order valence-corrected chi connectivity index (χ1v) is 16.8. The summed E-state index contributed by atoms with van der Waals surface area (Å²) in [7, 11) is -4.05. The molecule has 0 aliphatic heterocycles. The average molecular weight is 610 g/mol. The summed E-state index contributed by atoms with van der Waals surface area (Å²) in [6.45, 7) is 9.68. The lowest BCUT2D eigenvalue weighted by atomic mass is 9.94. The fourth-order valence-electron chi connectivity index (χ4n) is 5.38. The van der Waals surface area contributed by atoms with Crippen LogP contribution in [-0.2, 0) is 26.9 Å². The Morgan fingerprint density at radius 2 is 1.70 bits per heavy atom. The first-order valence-electron chi connectivity index (χ1n) is 15.0. The molecule has 232 valence electrons. The molecule has 0 amide bonds. The standard InChI is InChI=1S/C33H44N3O6P/c1-5-33(6-2,13-18-43(37,38)39)42-17-15-40-14-16-41-27-11-10-26(24(4)20-27)9-8-25-21-29-28-12-7-23(3)19-30(28)36-32(34)31(29)35-22-25/h7,10-12,19-22H,5-6,8-9,13-18H2,1-4H3,(H2,34,36)(H2,37,38,39). The van der Waals surface area contributed by atoms with Gasteiger partial charge in [-0.15, -0.1) is 0 Å². The molecule has 9 nitrogen and oxygen atoms in total. The highest BCUT2D eigenvalue weighted by molar-refractivity contribution is 7.51. The van der Waals surface area contributed by atoms with E-state index >= 15 is 0 Å². The molecular formula is C33H44N3O6P. The van der Waals surface area contributed by atoms with Crippen LogP contribution in [0.15, 0.2) is 48.7 Å². The van der Waals surface area contributed by atoms with Crippen LogP contribution >= 0.6 is 7.60 Å². The van der Waals surface area contributed by atoms with Gasteiger partial charge in [-0.3, -0.25) is 9.55 Å². The summed E-state index contributed by atoms with van der Waals surface area (Å²) in [4.78, 5) is 27.6. The summed E-state index contributed by atoms with van der Waals surface area (Å²) in [6.07, 6.45) is 5.15. The Morgan fingerprint density at radius 3 is 2.42 bits per heavy atom. The highest BCUT2D eigenvalue weighted by atomic mass is 31.2. The average Bonchev–Trinajstić information content (AvgIpc) is 2.97. The molecule has 4 aromatic rings. The summed E-state index contributed by atoms with van der Waals surface area (Å²) in [6, 6.07) is 14.6. The second-order valence-corrected chi connectivity index (χ2v) is 13.0. The number of nitrogens with two attached hydrogens (primary N) is 1. The molecule has 4 N–H and O–H groups in total. The molecule has 0 aliphatic carbocycles. The van der Waals surface area contributed by atoms with Crippen molar-refractivity contribution >= 4 is 35.2 Å². The van der Waals surface area contributed by atoms with E-state index in [2.05, 4.69) is 53.3 Å². The molecule has 2 aromatic heterocycles. The molecule has 2 aromatic carbocycles. The summed E-state index contributed by atoms with van der Waals surface area (Å²) in [5.74, 6) is 1.25. The number of anilines is 1. The normalized spacial score (nSPS) is 12.3. The van der Waals surface area contributed by atoms with Crippen LogP contribution in [0.5, 0.6) is 5.75 Å². The van der Waals surface area contributed by atoms with Crippen molar-refractivity contribution in [3.05, 3.63) is 70.9 Å². The number of fused-ring (bicyclic) bond motifs is 3. The van der Waals surface area contributed by atoms with Gasteiger partial charge in [-0.25, -0.2) is 4.98 Å². The Balaban J connectivity index is 1.24. The second kappa shape index (κ2) is 14.6. The molecule has 0 aliphatic rings. The van der Waals surface area contributed by atoms with Crippen molar-refractivity contribution in [1.82, 2.24) is 9.97 Å². The Labute approximate surface area is 253 Å². The van der Waals surface area contributed by atoms with E-state index in [0.717, 1.165) is 51.5 Å². The van der Waals surface area contributed by atoms with E-state index in [1.165, 1.54) is 11.1 Å². The van der Waals surface area contributed by atoms with Crippen molar-refractivity contribution in [3.8, 4) is 5.75 Å². The molecule has 0 bridgehead atoms. The van der Waals surface area contributed by atoms with Crippen LogP contribution in [0.4, 0.5) is 5.82 Å². The first-order chi connectivity index (χ1) is 20.5. The zero-order valence-electron chi connectivity index (χ0n) is 25.6. The van der Waals surface area contributed by atoms with Crippen molar-refractivity contribution < 1.29 is 28.6 Å². The lowest BCUT2D eigenvalue weighted by Crippen LogP contribution is -2.33. The molecule has 0 spiro atoms. The van der Waals surface area contributed by atoms with Crippen LogP contribution in [0.2, 0.25) is 0 Å². The van der Waals surface area contributed by atoms with Crippen molar-refractivity contribution in [2.24, 2.45) is 0 Å². The van der Waals surface area contributed by atoms with E-state index in [4.69, 9.17) is 19.9 Å². The van der Waals surface area contributed by atoms with Crippen LogP contribution in [0.3, 0.4) is 0 Å². The monoisotopic (exact) mass is 609 g/mol. The Kier molecular flexibility index (Phi) is 11.2. The van der Waals surface area contributed by atoms with Gasteiger partial charge in [0.05, 0.1) is 37.1 Å². The molecule has 0 saturated heterocycles. The minimum absolute atomic E-state index is 0.174. The Morgan fingerprint density at radius 1 is 0.930 bits per heavy atom. The summed E-state index contributed by atoms with van der Waals surface area (Å²) < 4.78 is 28.9. The topological polar surface area (TPSA) is 137 Å². The van der Waals surface area contributed by atoms with Gasteiger partial charge in [-0.05, 0) is 92.5 Å². The minimum Gasteiger partial charge on any atom is -0.491 e. The molecule has 4 rings (SSSR count). The fourth-order valence-corrected chi connectivity index (χ4v) is 6.08. The highest BCUT2D eigenvalue weighted by Crippen LogP contribution is 2.39. The third-order valence-corrected chi connectivity index (χ3v) is 8.95. The van der Waals surface area contributed by atoms with E-state index in [1.54, 1.807) is 0 Å². The fraction of sp³-hybridized carbons (Fsp3) is 0.455. The largest absolute Gasteiger partial charge is 0.491 e. The number of ether oxygens (including phenoxy) is 3. The maximum atomic E-state index is 11.3. The third-order valence-electron chi connectivity index (χ3n) is 8.15. The second-order valence-electron chi connectivity index (χ2n) is 11.2. The predicted molar refractivity (Wildman–Crippen MR) is 172 cm³/mol. The molecule has 0 atom stereocenters. The van der Waals surface area contributed by atoms with Crippen molar-refractivity contribution in [2.75, 3.05) is 38.3 Å². The molecule has 0 fully saturated rings. The van der Waals surface area contributed by atoms with Gasteiger partial charge in [0.2, 0.25) is 0 Å². The Hall–Kier alpha value is -3.07. The lowest BCUT2D eigenvalue weighted by Gasteiger charge is -2.32. The van der Waals surface area contributed by atoms with Crippen LogP contribution in [0.25, 0.3) is 21.8 Å². The molecule has 10 heteroatoms. The lowest BCUT2D eigenvalue weighted by molar-refractivity contribution is -0.0760. The maximum Gasteiger partial charge on any atom is 0.325 e. The van der Waals surface area contributed by atoms with E-state index in [-0.39, 0.29) is 6.16 Å². The molecular weight excluding hydrogens is 565 g/mol. The zero-order chi connectivity index (χ0) is 31.0. The van der Waals surface area contributed by atoms with Gasteiger partial charge in [0.1, 0.15) is 17.9 Å². The zero-order valence-corrected chi connectivity index (χ0v) is 26.5. The van der Waals surface area contributed by atoms with Gasteiger partial charge in [-0.2, -0.15) is 0 Å². The van der Waals surface area contributed by atoms with Crippen molar-refractivity contribution in [2.45, 2.75) is 65.4 Å². The van der Waals surface area contributed by atoms with Gasteiger partial charge in [-0.1, -0.05) is 32.0 Å². The van der Waals surface area contributed by atoms with Crippen LogP contribution in [0, 0.1) is 13.8 Å². The smallest absolute Gasteiger partial charge is 0.325 e. The summed E-state index contributed by atoms with van der Waals surface area (Å²) >= 11 is 0. The highest BCUT2D eigenvalue weighted by Gasteiger charge is 2.30. The number of aryl methyl sites for hydroxylation is 4. The molecule has 0 saturated carbocycles. The molecule has 0 unspecified atom stereocenters. The number of aromatic nitrogens is 2. The Bertz CT molecular complexity index is 1580. The minimum atomic E-state index is -4.05. The number of rotatable bonds is 16. The number of hydrogen-bond donors (Lipinski definition) is 3. The van der Waals surface area contributed by atoms with E-state index in [0.29, 0.717) is 51.5 Å². The van der Waals surface area contributed by atoms with Gasteiger partial charge in [0, 0.05) is 17.0 Å². The number of benzene rings is 2. The molecule has 0 radical (unpaired) electrons. The van der Waals surface area contributed by atoms with Gasteiger partial charge in [0.15, 0.2) is 5.82 Å². The van der Waals surface area contributed by atoms with Crippen molar-refractivity contribution in [3.63, 3.8) is 0 Å². The van der Waals surface area contributed by atoms with E-state index in [1.807, 2.05) is 33.0 Å². The summed E-state index contributed by atoms with van der Waals surface area (Å²) in [5, 5.41) is 2.09. The van der Waals surface area contributed by atoms with Crippen LogP contribution < -0.4 is 10.5 Å². The van der Waals surface area contributed by atoms with Gasteiger partial charge < -0.3 is 29.7 Å². The number of nitrogen functional groups attached to an aromatic ring is 1. The number of hydrogen-bond acceptors (Lipinski definition) is 7. The SMILES string of the molecule is CCC(CC)(CCP(=O)(O)O)OCCOCCOc1ccc(CCc2cnc3c(N)nc4cc(C)ccc4c3c2)c(C)c1. The predicted octanol–water partition coefficient (Wildman–Crippen LogP) is 6.31. The van der Waals surface area contributed by atoms with E-state index < -0.39 is 13.2 Å². The number of nitrogens with zero attached hydrogens (tertiary/aromatic N) is 2. The van der Waals surface area contributed by atoms with Gasteiger partial charge >= 0.3 is 7.60 Å². The molecule has 43 heavy (non-hydrogen) atoms. The number of pyridine rings is 2. The first kappa shape index (κ1) is 32.8.